The van der Waals surface area contributed by atoms with Gasteiger partial charge in [-0.25, -0.2) is 4.39 Å². The van der Waals surface area contributed by atoms with E-state index in [1.807, 2.05) is 12.1 Å². The molecule has 1 aromatic rings. The number of hydrogen-bond acceptors (Lipinski definition) is 1. The lowest BCUT2D eigenvalue weighted by molar-refractivity contribution is 0.287. The Hall–Kier alpha value is -0.600. The number of hydrogen-bond donors (Lipinski definition) is 1. The van der Waals surface area contributed by atoms with Gasteiger partial charge in [-0.3, -0.25) is 0 Å². The fraction of sp³-hybridized carbons (Fsp3) is 0.600. The van der Waals surface area contributed by atoms with Crippen LogP contribution in [0.3, 0.4) is 0 Å². The predicted molar refractivity (Wildman–Crippen MR) is 74.2 cm³/mol. The van der Waals surface area contributed by atoms with Crippen LogP contribution in [0.4, 0.5) is 4.39 Å². The third-order valence-electron chi connectivity index (χ3n) is 4.41. The number of benzene rings is 1. The van der Waals surface area contributed by atoms with Crippen molar-refractivity contribution in [3.63, 3.8) is 0 Å². The van der Waals surface area contributed by atoms with Gasteiger partial charge >= 0.3 is 0 Å². The first-order valence-electron chi connectivity index (χ1n) is 6.73. The average molecular weight is 270 g/mol. The molecule has 0 bridgehead atoms. The third kappa shape index (κ3) is 2.70. The lowest BCUT2D eigenvalue weighted by Gasteiger charge is -2.28. The van der Waals surface area contributed by atoms with Crippen LogP contribution in [-0.4, -0.2) is 6.54 Å². The van der Waals surface area contributed by atoms with Crippen molar-refractivity contribution >= 4 is 11.6 Å². The molecule has 0 spiro atoms. The van der Waals surface area contributed by atoms with Gasteiger partial charge in [-0.05, 0) is 55.2 Å². The molecular formula is C15H21ClFN. The Morgan fingerprint density at radius 2 is 2.28 bits per heavy atom. The van der Waals surface area contributed by atoms with Gasteiger partial charge in [0.2, 0.25) is 0 Å². The minimum Gasteiger partial charge on any atom is -0.330 e. The summed E-state index contributed by atoms with van der Waals surface area (Å²) in [5.74, 6) is 0.475. The summed E-state index contributed by atoms with van der Waals surface area (Å²) in [5, 5.41) is 0.213. The van der Waals surface area contributed by atoms with Crippen molar-refractivity contribution < 1.29 is 4.39 Å². The van der Waals surface area contributed by atoms with Crippen molar-refractivity contribution in [2.75, 3.05) is 6.54 Å². The van der Waals surface area contributed by atoms with E-state index in [4.69, 9.17) is 17.3 Å². The highest BCUT2D eigenvalue weighted by molar-refractivity contribution is 6.30. The summed E-state index contributed by atoms with van der Waals surface area (Å²) in [6.07, 6.45) is 5.35. The Kier molecular flexibility index (Phi) is 4.29. The molecule has 1 aromatic carbocycles. The minimum atomic E-state index is -0.271. The lowest BCUT2D eigenvalue weighted by Crippen LogP contribution is -2.30. The van der Waals surface area contributed by atoms with Gasteiger partial charge in [-0.15, -0.1) is 0 Å². The van der Waals surface area contributed by atoms with Crippen molar-refractivity contribution in [1.82, 2.24) is 0 Å². The predicted octanol–water partition coefficient (Wildman–Crippen LogP) is 4.18. The molecule has 3 heteroatoms. The summed E-state index contributed by atoms with van der Waals surface area (Å²) in [4.78, 5) is 0. The highest BCUT2D eigenvalue weighted by Crippen LogP contribution is 2.45. The topological polar surface area (TPSA) is 26.0 Å². The summed E-state index contributed by atoms with van der Waals surface area (Å²) >= 11 is 5.84. The summed E-state index contributed by atoms with van der Waals surface area (Å²) in [6, 6.07) is 5.24. The minimum absolute atomic E-state index is 0.0756. The molecule has 2 rings (SSSR count). The molecule has 0 aromatic heterocycles. The molecule has 2 N–H and O–H groups in total. The Morgan fingerprint density at radius 3 is 2.89 bits per heavy atom. The number of halogens is 2. The average Bonchev–Trinajstić information content (AvgIpc) is 2.79. The third-order valence-corrected chi connectivity index (χ3v) is 4.70. The summed E-state index contributed by atoms with van der Waals surface area (Å²) in [6.45, 7) is 2.85. The van der Waals surface area contributed by atoms with Crippen LogP contribution in [0, 0.1) is 17.2 Å². The molecule has 0 aliphatic heterocycles. The van der Waals surface area contributed by atoms with Crippen molar-refractivity contribution in [2.45, 2.75) is 39.0 Å². The van der Waals surface area contributed by atoms with Gasteiger partial charge < -0.3 is 5.73 Å². The van der Waals surface area contributed by atoms with E-state index in [2.05, 4.69) is 6.92 Å². The maximum atomic E-state index is 14.0. The van der Waals surface area contributed by atoms with Crippen molar-refractivity contribution in [3.05, 3.63) is 34.6 Å². The second-order valence-electron chi connectivity index (χ2n) is 5.61. The maximum absolute atomic E-state index is 14.0. The van der Waals surface area contributed by atoms with E-state index in [-0.39, 0.29) is 16.3 Å². The summed E-state index contributed by atoms with van der Waals surface area (Å²) in [7, 11) is 0. The van der Waals surface area contributed by atoms with Crippen molar-refractivity contribution in [1.29, 1.82) is 0 Å². The van der Waals surface area contributed by atoms with Gasteiger partial charge in [-0.1, -0.05) is 37.1 Å². The van der Waals surface area contributed by atoms with E-state index in [1.165, 1.54) is 12.8 Å². The highest BCUT2D eigenvalue weighted by Gasteiger charge is 2.37. The zero-order valence-electron chi connectivity index (χ0n) is 10.9. The molecule has 0 amide bonds. The quantitative estimate of drug-likeness (QED) is 0.872. The molecule has 1 fully saturated rings. The summed E-state index contributed by atoms with van der Waals surface area (Å²) < 4.78 is 14.0. The van der Waals surface area contributed by atoms with Crippen molar-refractivity contribution in [2.24, 2.45) is 17.1 Å². The second-order valence-corrected chi connectivity index (χ2v) is 6.02. The van der Waals surface area contributed by atoms with Gasteiger partial charge in [-0.2, -0.15) is 0 Å². The first kappa shape index (κ1) is 13.8. The van der Waals surface area contributed by atoms with Gasteiger partial charge in [0, 0.05) is 0 Å². The van der Waals surface area contributed by atoms with E-state index in [0.717, 1.165) is 18.8 Å². The van der Waals surface area contributed by atoms with Crippen LogP contribution >= 0.6 is 11.6 Å². The molecule has 18 heavy (non-hydrogen) atoms. The molecule has 2 atom stereocenters. The van der Waals surface area contributed by atoms with E-state index in [1.54, 1.807) is 6.07 Å². The Labute approximate surface area is 114 Å². The molecule has 100 valence electrons. The van der Waals surface area contributed by atoms with E-state index >= 15 is 0 Å². The number of nitrogens with two attached hydrogens (primary N) is 1. The number of rotatable bonds is 4. The Bertz CT molecular complexity index is 421. The standard InChI is InChI=1S/C15H21ClFN/c1-2-11-6-7-15(8-11,10-18)9-12-4-3-5-13(16)14(12)17/h3-5,11H,2,6-10,18H2,1H3. The fourth-order valence-electron chi connectivity index (χ4n) is 3.18. The van der Waals surface area contributed by atoms with Gasteiger partial charge in [0.25, 0.3) is 0 Å². The molecule has 1 aliphatic rings. The molecule has 2 unspecified atom stereocenters. The van der Waals surface area contributed by atoms with Crippen LogP contribution in [0.2, 0.25) is 5.02 Å². The van der Waals surface area contributed by atoms with Gasteiger partial charge in [0.15, 0.2) is 0 Å². The summed E-state index contributed by atoms with van der Waals surface area (Å²) in [5.41, 5.74) is 6.75. The highest BCUT2D eigenvalue weighted by atomic mass is 35.5. The molecule has 0 saturated heterocycles. The van der Waals surface area contributed by atoms with E-state index in [9.17, 15) is 4.39 Å². The van der Waals surface area contributed by atoms with E-state index < -0.39 is 0 Å². The smallest absolute Gasteiger partial charge is 0.144 e. The maximum Gasteiger partial charge on any atom is 0.144 e. The first-order chi connectivity index (χ1) is 8.60. The van der Waals surface area contributed by atoms with E-state index in [0.29, 0.717) is 18.5 Å². The molecule has 0 heterocycles. The Morgan fingerprint density at radius 1 is 1.50 bits per heavy atom. The molecule has 1 saturated carbocycles. The molecule has 1 aliphatic carbocycles. The normalized spacial score (nSPS) is 27.7. The van der Waals surface area contributed by atoms with Gasteiger partial charge in [0.05, 0.1) is 5.02 Å². The van der Waals surface area contributed by atoms with Crippen LogP contribution < -0.4 is 5.73 Å². The SMILES string of the molecule is CCC1CCC(CN)(Cc2cccc(Cl)c2F)C1. The van der Waals surface area contributed by atoms with Crippen LogP contribution in [0.15, 0.2) is 18.2 Å². The van der Waals surface area contributed by atoms with Crippen molar-refractivity contribution in [3.8, 4) is 0 Å². The largest absolute Gasteiger partial charge is 0.330 e. The fourth-order valence-corrected chi connectivity index (χ4v) is 3.38. The molecule has 0 radical (unpaired) electrons. The second kappa shape index (κ2) is 5.58. The monoisotopic (exact) mass is 269 g/mol. The van der Waals surface area contributed by atoms with Crippen LogP contribution in [0.25, 0.3) is 0 Å². The lowest BCUT2D eigenvalue weighted by atomic mass is 9.79. The van der Waals surface area contributed by atoms with Gasteiger partial charge in [0.1, 0.15) is 5.82 Å². The zero-order valence-corrected chi connectivity index (χ0v) is 11.6. The zero-order chi connectivity index (χ0) is 13.2. The van der Waals surface area contributed by atoms with Crippen LogP contribution in [0.1, 0.15) is 38.2 Å². The van der Waals surface area contributed by atoms with Crippen LogP contribution in [-0.2, 0) is 6.42 Å². The van der Waals surface area contributed by atoms with Crippen LogP contribution in [0.5, 0.6) is 0 Å². The Balaban J connectivity index is 2.18. The molecular weight excluding hydrogens is 249 g/mol. The molecule has 1 nitrogen and oxygen atoms in total. The first-order valence-corrected chi connectivity index (χ1v) is 7.11.